The zero-order valence-electron chi connectivity index (χ0n) is 14.3. The number of rotatable bonds is 5. The number of anilines is 1. The summed E-state index contributed by atoms with van der Waals surface area (Å²) in [7, 11) is 0. The number of amides is 3. The summed E-state index contributed by atoms with van der Waals surface area (Å²) in [4.78, 5) is 35.8. The highest BCUT2D eigenvalue weighted by Gasteiger charge is 2.18. The molecule has 7 heteroatoms. The first kappa shape index (κ1) is 18.7. The Kier molecular flexibility index (Phi) is 6.30. The van der Waals surface area contributed by atoms with E-state index < -0.39 is 12.0 Å². The Hall–Kier alpha value is -2.67. The van der Waals surface area contributed by atoms with E-state index in [-0.39, 0.29) is 24.5 Å². The maximum atomic E-state index is 12.3. The smallest absolute Gasteiger partial charge is 0.414 e. The summed E-state index contributed by atoms with van der Waals surface area (Å²) >= 11 is 1.22. The van der Waals surface area contributed by atoms with Crippen molar-refractivity contribution in [1.29, 1.82) is 0 Å². The van der Waals surface area contributed by atoms with Crippen LogP contribution in [0.5, 0.6) is 0 Å². The average molecular weight is 360 g/mol. The van der Waals surface area contributed by atoms with Gasteiger partial charge < -0.3 is 10.1 Å². The minimum absolute atomic E-state index is 0.169. The third-order valence-corrected chi connectivity index (χ3v) is 4.34. The number of aryl methyl sites for hydroxylation is 2. The van der Waals surface area contributed by atoms with Crippen molar-refractivity contribution < 1.29 is 19.1 Å². The fourth-order valence-electron chi connectivity index (χ4n) is 2.25. The van der Waals surface area contributed by atoms with E-state index in [0.29, 0.717) is 5.00 Å². The van der Waals surface area contributed by atoms with Crippen LogP contribution in [0, 0.1) is 13.8 Å². The maximum Gasteiger partial charge on any atom is 0.414 e. The van der Waals surface area contributed by atoms with Crippen molar-refractivity contribution in [3.63, 3.8) is 0 Å². The summed E-state index contributed by atoms with van der Waals surface area (Å²) in [6.45, 7) is 5.74. The lowest BCUT2D eigenvalue weighted by atomic mass is 10.0. The number of thiophene rings is 1. The minimum Gasteiger partial charge on any atom is -0.450 e. The molecule has 0 fully saturated rings. The molecule has 0 bridgehead atoms. The van der Waals surface area contributed by atoms with Crippen LogP contribution < -0.4 is 10.6 Å². The molecule has 3 amide bonds. The summed E-state index contributed by atoms with van der Waals surface area (Å²) in [6, 6.07) is 7.49. The van der Waals surface area contributed by atoms with Gasteiger partial charge >= 0.3 is 6.09 Å². The first-order chi connectivity index (χ1) is 11.9. The Balaban J connectivity index is 2.05. The summed E-state index contributed by atoms with van der Waals surface area (Å²) in [6.07, 6.45) is -0.601. The predicted molar refractivity (Wildman–Crippen MR) is 97.1 cm³/mol. The second kappa shape index (κ2) is 8.43. The molecular formula is C18H20N2O4S. The maximum absolute atomic E-state index is 12.3. The van der Waals surface area contributed by atoms with Gasteiger partial charge in [-0.3, -0.25) is 14.9 Å². The van der Waals surface area contributed by atoms with Crippen LogP contribution in [-0.2, 0) is 16.0 Å². The number of benzene rings is 1. The van der Waals surface area contributed by atoms with Gasteiger partial charge in [0.05, 0.1) is 18.6 Å². The van der Waals surface area contributed by atoms with Crippen LogP contribution in [0.4, 0.5) is 9.80 Å². The average Bonchev–Trinajstić information content (AvgIpc) is 2.99. The van der Waals surface area contributed by atoms with E-state index in [0.717, 1.165) is 16.7 Å². The Bertz CT molecular complexity index is 798. The summed E-state index contributed by atoms with van der Waals surface area (Å²) in [5.41, 5.74) is 3.28. The van der Waals surface area contributed by atoms with Gasteiger partial charge in [0, 0.05) is 0 Å². The van der Waals surface area contributed by atoms with Gasteiger partial charge in [0.15, 0.2) is 0 Å². The molecule has 0 saturated carbocycles. The third-order valence-electron chi connectivity index (χ3n) is 3.51. The highest BCUT2D eigenvalue weighted by atomic mass is 32.1. The molecule has 0 unspecified atom stereocenters. The Morgan fingerprint density at radius 3 is 2.64 bits per heavy atom. The van der Waals surface area contributed by atoms with Crippen LogP contribution in [-0.4, -0.2) is 24.5 Å². The third kappa shape index (κ3) is 5.15. The van der Waals surface area contributed by atoms with Crippen LogP contribution in [0.2, 0.25) is 0 Å². The zero-order valence-corrected chi connectivity index (χ0v) is 15.2. The van der Waals surface area contributed by atoms with Crippen molar-refractivity contribution in [1.82, 2.24) is 5.32 Å². The minimum atomic E-state index is -0.814. The zero-order chi connectivity index (χ0) is 18.4. The molecule has 0 spiro atoms. The van der Waals surface area contributed by atoms with E-state index in [2.05, 4.69) is 15.4 Å². The monoisotopic (exact) mass is 360 g/mol. The molecule has 0 aliphatic heterocycles. The Morgan fingerprint density at radius 1 is 1.16 bits per heavy atom. The van der Waals surface area contributed by atoms with Crippen molar-refractivity contribution >= 4 is 34.2 Å². The molecule has 0 saturated heterocycles. The number of hydrogen-bond donors (Lipinski definition) is 2. The van der Waals surface area contributed by atoms with Crippen LogP contribution in [0.25, 0.3) is 0 Å². The van der Waals surface area contributed by atoms with Crippen LogP contribution >= 0.6 is 11.3 Å². The van der Waals surface area contributed by atoms with E-state index in [4.69, 9.17) is 0 Å². The molecular weight excluding hydrogens is 340 g/mol. The number of nitrogens with one attached hydrogen (secondary N) is 2. The molecule has 0 aliphatic carbocycles. The van der Waals surface area contributed by atoms with E-state index in [1.54, 1.807) is 18.4 Å². The van der Waals surface area contributed by atoms with Crippen LogP contribution in [0.3, 0.4) is 0 Å². The van der Waals surface area contributed by atoms with Gasteiger partial charge in [0.25, 0.3) is 5.91 Å². The highest BCUT2D eigenvalue weighted by molar-refractivity contribution is 7.14. The molecule has 1 aromatic carbocycles. The molecule has 2 rings (SSSR count). The van der Waals surface area contributed by atoms with Crippen molar-refractivity contribution in [2.75, 3.05) is 11.9 Å². The van der Waals surface area contributed by atoms with E-state index in [9.17, 15) is 14.4 Å². The Labute approximate surface area is 150 Å². The van der Waals surface area contributed by atoms with Crippen molar-refractivity contribution in [2.24, 2.45) is 0 Å². The molecule has 1 heterocycles. The molecule has 0 aliphatic rings. The van der Waals surface area contributed by atoms with Gasteiger partial charge in [0.1, 0.15) is 5.00 Å². The lowest BCUT2D eigenvalue weighted by Gasteiger charge is -2.09. The molecule has 132 valence electrons. The fraction of sp³-hybridized carbons (Fsp3) is 0.278. The van der Waals surface area contributed by atoms with Gasteiger partial charge in [-0.25, -0.2) is 4.79 Å². The number of carbonyl (C=O) groups excluding carboxylic acids is 3. The SMILES string of the molecule is CCOC(=O)NC(=O)c1ccsc1NC(=O)Cc1cc(C)ccc1C. The molecule has 0 radical (unpaired) electrons. The predicted octanol–water partition coefficient (Wildman–Crippen LogP) is 3.43. The highest BCUT2D eigenvalue weighted by Crippen LogP contribution is 2.23. The summed E-state index contributed by atoms with van der Waals surface area (Å²) < 4.78 is 4.68. The van der Waals surface area contributed by atoms with E-state index >= 15 is 0 Å². The second-order valence-electron chi connectivity index (χ2n) is 5.49. The van der Waals surface area contributed by atoms with E-state index in [1.165, 1.54) is 11.3 Å². The molecule has 0 atom stereocenters. The number of imide groups is 1. The fourth-order valence-corrected chi connectivity index (χ4v) is 3.05. The number of carbonyl (C=O) groups is 3. The second-order valence-corrected chi connectivity index (χ2v) is 6.41. The summed E-state index contributed by atoms with van der Waals surface area (Å²) in [5.74, 6) is -0.830. The molecule has 25 heavy (non-hydrogen) atoms. The van der Waals surface area contributed by atoms with Crippen molar-refractivity contribution in [3.05, 3.63) is 51.9 Å². The van der Waals surface area contributed by atoms with Gasteiger partial charge in [-0.05, 0) is 43.3 Å². The first-order valence-corrected chi connectivity index (χ1v) is 8.70. The van der Waals surface area contributed by atoms with Crippen LogP contribution in [0.1, 0.15) is 34.0 Å². The number of ether oxygens (including phenoxy) is 1. The van der Waals surface area contributed by atoms with E-state index in [1.807, 2.05) is 32.0 Å². The van der Waals surface area contributed by atoms with Gasteiger partial charge in [-0.1, -0.05) is 23.8 Å². The first-order valence-electron chi connectivity index (χ1n) is 7.82. The van der Waals surface area contributed by atoms with Crippen LogP contribution in [0.15, 0.2) is 29.6 Å². The van der Waals surface area contributed by atoms with Crippen molar-refractivity contribution in [3.8, 4) is 0 Å². The van der Waals surface area contributed by atoms with Gasteiger partial charge in [-0.15, -0.1) is 11.3 Å². The molecule has 1 aromatic heterocycles. The lowest BCUT2D eigenvalue weighted by molar-refractivity contribution is -0.115. The number of alkyl carbamates (subject to hydrolysis) is 1. The molecule has 2 aromatic rings. The summed E-state index contributed by atoms with van der Waals surface area (Å²) in [5, 5.41) is 6.93. The largest absolute Gasteiger partial charge is 0.450 e. The normalized spacial score (nSPS) is 10.2. The molecule has 6 nitrogen and oxygen atoms in total. The lowest BCUT2D eigenvalue weighted by Crippen LogP contribution is -2.31. The van der Waals surface area contributed by atoms with Gasteiger partial charge in [-0.2, -0.15) is 0 Å². The molecule has 2 N–H and O–H groups in total. The topological polar surface area (TPSA) is 84.5 Å². The van der Waals surface area contributed by atoms with Crippen molar-refractivity contribution in [2.45, 2.75) is 27.2 Å². The standard InChI is InChI=1S/C18H20N2O4S/c1-4-24-18(23)20-16(22)14-7-8-25-17(14)19-15(21)10-13-9-11(2)5-6-12(13)3/h5-9H,4,10H2,1-3H3,(H,19,21)(H,20,22,23). The Morgan fingerprint density at radius 2 is 1.92 bits per heavy atom. The quantitative estimate of drug-likeness (QED) is 0.855. The van der Waals surface area contributed by atoms with Gasteiger partial charge in [0.2, 0.25) is 5.91 Å². The number of hydrogen-bond acceptors (Lipinski definition) is 5.